The molecule has 2 aromatic rings. The van der Waals surface area contributed by atoms with Crippen molar-refractivity contribution >= 4 is 17.4 Å². The van der Waals surface area contributed by atoms with Crippen molar-refractivity contribution in [2.45, 2.75) is 25.3 Å². The lowest BCUT2D eigenvalue weighted by atomic mass is 9.90. The number of hydrogen-bond donors (Lipinski definition) is 2. The molecule has 0 aliphatic carbocycles. The van der Waals surface area contributed by atoms with Crippen molar-refractivity contribution in [3.63, 3.8) is 0 Å². The molecule has 27 heavy (non-hydrogen) atoms. The fourth-order valence-corrected chi connectivity index (χ4v) is 2.71. The molecule has 0 fully saturated rings. The lowest BCUT2D eigenvalue weighted by molar-refractivity contribution is -0.0145. The van der Waals surface area contributed by atoms with Gasteiger partial charge in [0.15, 0.2) is 17.1 Å². The number of benzene rings is 1. The van der Waals surface area contributed by atoms with Crippen LogP contribution in [0.1, 0.15) is 28.9 Å². The Balaban J connectivity index is 1.94. The third kappa shape index (κ3) is 3.65. The molecule has 0 radical (unpaired) electrons. The lowest BCUT2D eigenvalue weighted by Crippen LogP contribution is -2.45. The molecule has 1 aromatic heterocycles. The van der Waals surface area contributed by atoms with Crippen molar-refractivity contribution < 1.29 is 27.1 Å². The maximum atomic E-state index is 14.4. The van der Waals surface area contributed by atoms with Crippen LogP contribution >= 0.6 is 0 Å². The van der Waals surface area contributed by atoms with Crippen molar-refractivity contribution in [2.75, 3.05) is 18.5 Å². The van der Waals surface area contributed by atoms with Crippen LogP contribution in [0.5, 0.6) is 0 Å². The van der Waals surface area contributed by atoms with E-state index in [4.69, 9.17) is 14.9 Å². The van der Waals surface area contributed by atoms with Crippen LogP contribution in [0, 0.1) is 5.82 Å². The smallest absolute Gasteiger partial charge is 0.277 e. The molecular weight excluding hydrogens is 365 g/mol. The summed E-state index contributed by atoms with van der Waals surface area (Å²) in [7, 11) is 0. The second-order valence-electron chi connectivity index (χ2n) is 5.95. The molecule has 0 saturated heterocycles. The molecule has 0 spiro atoms. The molecule has 1 amide bonds. The average Bonchev–Trinajstić information content (AvgIpc) is 3.12. The normalized spacial score (nSPS) is 19.8. The Kier molecular flexibility index (Phi) is 5.17. The van der Waals surface area contributed by atoms with Crippen LogP contribution in [0.4, 0.5) is 18.9 Å². The Bertz CT molecular complexity index is 884. The molecule has 3 rings (SSSR count). The molecular formula is C17H17F3N4O3. The molecule has 0 saturated carbocycles. The Morgan fingerprint density at radius 3 is 2.85 bits per heavy atom. The Hall–Kier alpha value is -2.88. The number of amides is 1. The summed E-state index contributed by atoms with van der Waals surface area (Å²) in [6, 6.07) is 3.30. The zero-order valence-corrected chi connectivity index (χ0v) is 14.3. The molecule has 144 valence electrons. The van der Waals surface area contributed by atoms with E-state index in [1.807, 2.05) is 6.92 Å². The van der Waals surface area contributed by atoms with Gasteiger partial charge in [0.1, 0.15) is 24.5 Å². The molecule has 1 aromatic carbocycles. The van der Waals surface area contributed by atoms with Crippen LogP contribution in [0.2, 0.25) is 0 Å². The van der Waals surface area contributed by atoms with E-state index < -0.39 is 35.9 Å². The van der Waals surface area contributed by atoms with Crippen LogP contribution in [0.3, 0.4) is 0 Å². The number of nitrogens with one attached hydrogen (secondary N) is 1. The number of carbonyl (C=O) groups excluding carboxylic acids is 1. The third-order valence-electron chi connectivity index (χ3n) is 4.05. The molecule has 1 aliphatic rings. The van der Waals surface area contributed by atoms with E-state index in [0.29, 0.717) is 12.3 Å². The van der Waals surface area contributed by atoms with Gasteiger partial charge in [-0.2, -0.15) is 0 Å². The van der Waals surface area contributed by atoms with Gasteiger partial charge in [-0.05, 0) is 18.2 Å². The van der Waals surface area contributed by atoms with Crippen molar-refractivity contribution in [1.29, 1.82) is 0 Å². The van der Waals surface area contributed by atoms with E-state index in [1.54, 1.807) is 0 Å². The van der Waals surface area contributed by atoms with Gasteiger partial charge < -0.3 is 20.2 Å². The van der Waals surface area contributed by atoms with E-state index in [-0.39, 0.29) is 23.8 Å². The number of nitrogens with two attached hydrogens (primary N) is 1. The van der Waals surface area contributed by atoms with Crippen molar-refractivity contribution in [2.24, 2.45) is 10.7 Å². The minimum atomic E-state index is -3.07. The average molecular weight is 382 g/mol. The number of aromatic nitrogens is 1. The van der Waals surface area contributed by atoms with Crippen LogP contribution in [0.15, 0.2) is 33.9 Å². The number of carbonyl (C=O) groups is 1. The van der Waals surface area contributed by atoms with Crippen molar-refractivity contribution in [1.82, 2.24) is 4.98 Å². The molecule has 1 aliphatic heterocycles. The van der Waals surface area contributed by atoms with E-state index in [0.717, 1.165) is 12.1 Å². The predicted octanol–water partition coefficient (Wildman–Crippen LogP) is 2.48. The number of rotatable bonds is 5. The molecule has 1 unspecified atom stereocenters. The topological polar surface area (TPSA) is 103 Å². The van der Waals surface area contributed by atoms with Crippen molar-refractivity contribution in [3.05, 3.63) is 47.4 Å². The summed E-state index contributed by atoms with van der Waals surface area (Å²) in [5, 5.41) is 2.48. The highest BCUT2D eigenvalue weighted by atomic mass is 19.3. The second-order valence-corrected chi connectivity index (χ2v) is 5.95. The number of amidine groups is 1. The number of oxazole rings is 1. The first-order valence-corrected chi connectivity index (χ1v) is 8.11. The van der Waals surface area contributed by atoms with Gasteiger partial charge in [-0.1, -0.05) is 6.92 Å². The largest absolute Gasteiger partial charge is 0.448 e. The first-order valence-electron chi connectivity index (χ1n) is 8.11. The maximum absolute atomic E-state index is 14.4. The molecule has 3 N–H and O–H groups in total. The third-order valence-corrected chi connectivity index (χ3v) is 4.05. The second kappa shape index (κ2) is 7.39. The summed E-state index contributed by atoms with van der Waals surface area (Å²) in [6.45, 7) is 1.16. The number of hydrogen-bond acceptors (Lipinski definition) is 6. The number of alkyl halides is 2. The number of anilines is 1. The highest BCUT2D eigenvalue weighted by molar-refractivity contribution is 6.02. The van der Waals surface area contributed by atoms with Gasteiger partial charge in [-0.25, -0.2) is 18.2 Å². The minimum absolute atomic E-state index is 0.0181. The maximum Gasteiger partial charge on any atom is 0.277 e. The van der Waals surface area contributed by atoms with Crippen LogP contribution in [-0.2, 0) is 16.7 Å². The van der Waals surface area contributed by atoms with Gasteiger partial charge in [0.2, 0.25) is 0 Å². The predicted molar refractivity (Wildman–Crippen MR) is 90.4 cm³/mol. The highest BCUT2D eigenvalue weighted by Gasteiger charge is 2.46. The number of nitrogens with zero attached hydrogens (tertiary/aromatic N) is 2. The monoisotopic (exact) mass is 382 g/mol. The molecule has 10 heteroatoms. The fraction of sp³-hybridized carbons (Fsp3) is 0.353. The van der Waals surface area contributed by atoms with Crippen molar-refractivity contribution in [3.8, 4) is 0 Å². The van der Waals surface area contributed by atoms with Crippen LogP contribution < -0.4 is 11.1 Å². The van der Waals surface area contributed by atoms with Gasteiger partial charge >= 0.3 is 0 Å². The summed E-state index contributed by atoms with van der Waals surface area (Å²) in [5.41, 5.74) is 2.93. The quantitative estimate of drug-likeness (QED) is 0.827. The Labute approximate surface area is 152 Å². The van der Waals surface area contributed by atoms with Gasteiger partial charge in [-0.15, -0.1) is 0 Å². The Morgan fingerprint density at radius 2 is 2.22 bits per heavy atom. The van der Waals surface area contributed by atoms with Gasteiger partial charge in [0, 0.05) is 17.7 Å². The molecule has 0 bridgehead atoms. The zero-order valence-electron chi connectivity index (χ0n) is 14.3. The minimum Gasteiger partial charge on any atom is -0.448 e. The summed E-state index contributed by atoms with van der Waals surface area (Å²) in [6.07, 6.45) is -1.39. The summed E-state index contributed by atoms with van der Waals surface area (Å²) in [5.74, 6) is -1.32. The first-order chi connectivity index (χ1) is 12.9. The van der Waals surface area contributed by atoms with Gasteiger partial charge in [-0.3, -0.25) is 9.79 Å². The highest BCUT2D eigenvalue weighted by Crippen LogP contribution is 2.37. The summed E-state index contributed by atoms with van der Waals surface area (Å²) < 4.78 is 52.1. The number of halogens is 3. The summed E-state index contributed by atoms with van der Waals surface area (Å²) >= 11 is 0. The fourth-order valence-electron chi connectivity index (χ4n) is 2.71. The Morgan fingerprint density at radius 1 is 1.44 bits per heavy atom. The first kappa shape index (κ1) is 18.9. The van der Waals surface area contributed by atoms with E-state index in [9.17, 15) is 18.0 Å². The van der Waals surface area contributed by atoms with E-state index in [1.165, 1.54) is 12.3 Å². The number of aryl methyl sites for hydroxylation is 1. The van der Waals surface area contributed by atoms with Crippen LogP contribution in [-0.4, -0.2) is 36.4 Å². The molecule has 1 atom stereocenters. The summed E-state index contributed by atoms with van der Waals surface area (Å²) in [4.78, 5) is 20.0. The number of ether oxygens (including phenoxy) is 1. The zero-order chi connectivity index (χ0) is 19.6. The van der Waals surface area contributed by atoms with E-state index >= 15 is 0 Å². The number of aliphatic imine (C=N–C) groups is 1. The van der Waals surface area contributed by atoms with Gasteiger partial charge in [0.25, 0.3) is 12.3 Å². The standard InChI is InChI=1S/C17H17F3N4O3/c1-2-14-23-12(6-27-14)15(25)22-9-3-4-11(18)10(5-9)17(16(19)20)8-26-7-13(21)24-17/h3-6,16H,2,7-8H2,1H3,(H2,21,24)(H,22,25). The lowest BCUT2D eigenvalue weighted by Gasteiger charge is -2.33. The molecule has 2 heterocycles. The molecule has 7 nitrogen and oxygen atoms in total. The SMILES string of the molecule is CCc1nc(C(=O)Nc2ccc(F)c(C3(C(F)F)COCC(N)=N3)c2)co1. The van der Waals surface area contributed by atoms with Crippen LogP contribution in [0.25, 0.3) is 0 Å². The van der Waals surface area contributed by atoms with E-state index in [2.05, 4.69) is 15.3 Å². The van der Waals surface area contributed by atoms with Gasteiger partial charge in [0.05, 0.1) is 6.61 Å².